The molecule has 1 aliphatic rings. The summed E-state index contributed by atoms with van der Waals surface area (Å²) in [4.78, 5) is 13.1. The maximum atomic E-state index is 13.1. The SMILES string of the molecule is CCCCCCCCCCCC/C=C/CC/C=C/C(O)C(COC1OC(CO)C(O)C(O)C1O)NC(=O)C(O)CCCCCCCCCCCC/C=C\CCCCCCCCCCCCCC. The van der Waals surface area contributed by atoms with Gasteiger partial charge in [-0.3, -0.25) is 4.79 Å². The van der Waals surface area contributed by atoms with Crippen LogP contribution in [0, 0.1) is 0 Å². The number of aliphatic hydroxyl groups excluding tert-OH is 6. The van der Waals surface area contributed by atoms with Crippen LogP contribution in [-0.4, -0.2) is 98.7 Å². The first kappa shape index (κ1) is 63.4. The Hall–Kier alpha value is -1.63. The van der Waals surface area contributed by atoms with E-state index in [0.717, 1.165) is 32.1 Å². The van der Waals surface area contributed by atoms with Crippen molar-refractivity contribution in [1.82, 2.24) is 5.32 Å². The Kier molecular flexibility index (Phi) is 44.2. The molecule has 0 aliphatic carbocycles. The van der Waals surface area contributed by atoms with Crippen molar-refractivity contribution in [1.29, 1.82) is 0 Å². The number of hydrogen-bond acceptors (Lipinski definition) is 9. The topological polar surface area (TPSA) is 169 Å². The van der Waals surface area contributed by atoms with E-state index in [1.807, 2.05) is 6.08 Å². The minimum atomic E-state index is -1.62. The Morgan fingerprint density at radius 1 is 0.507 bits per heavy atom. The number of rotatable bonds is 48. The van der Waals surface area contributed by atoms with Crippen LogP contribution in [0.3, 0.4) is 0 Å². The third kappa shape index (κ3) is 36.0. The molecule has 1 aliphatic heterocycles. The summed E-state index contributed by atoms with van der Waals surface area (Å²) in [6.07, 6.45) is 49.6. The lowest BCUT2D eigenvalue weighted by molar-refractivity contribution is -0.302. The van der Waals surface area contributed by atoms with Crippen LogP contribution in [-0.2, 0) is 14.3 Å². The van der Waals surface area contributed by atoms with Gasteiger partial charge in [-0.1, -0.05) is 237 Å². The molecule has 0 aromatic carbocycles. The molecular formula is C57H107NO9. The molecule has 10 nitrogen and oxygen atoms in total. The van der Waals surface area contributed by atoms with Crippen LogP contribution >= 0.6 is 0 Å². The van der Waals surface area contributed by atoms with Gasteiger partial charge in [-0.2, -0.15) is 0 Å². The predicted octanol–water partition coefficient (Wildman–Crippen LogP) is 12.5. The van der Waals surface area contributed by atoms with E-state index in [4.69, 9.17) is 9.47 Å². The van der Waals surface area contributed by atoms with Gasteiger partial charge in [0.05, 0.1) is 25.4 Å². The van der Waals surface area contributed by atoms with E-state index in [-0.39, 0.29) is 6.61 Å². The fourth-order valence-electron chi connectivity index (χ4n) is 8.94. The maximum Gasteiger partial charge on any atom is 0.249 e. The van der Waals surface area contributed by atoms with Crippen molar-refractivity contribution < 1.29 is 44.9 Å². The van der Waals surface area contributed by atoms with E-state index in [2.05, 4.69) is 43.5 Å². The summed E-state index contributed by atoms with van der Waals surface area (Å²) in [7, 11) is 0. The van der Waals surface area contributed by atoms with Gasteiger partial charge in [-0.15, -0.1) is 0 Å². The van der Waals surface area contributed by atoms with Gasteiger partial charge in [0.2, 0.25) is 5.91 Å². The normalized spacial score (nSPS) is 20.4. The van der Waals surface area contributed by atoms with E-state index in [1.54, 1.807) is 6.08 Å². The highest BCUT2D eigenvalue weighted by Gasteiger charge is 2.44. The van der Waals surface area contributed by atoms with Crippen LogP contribution < -0.4 is 5.32 Å². The maximum absolute atomic E-state index is 13.1. The zero-order valence-electron chi connectivity index (χ0n) is 43.3. The molecule has 0 bridgehead atoms. The van der Waals surface area contributed by atoms with E-state index in [1.165, 1.54) is 193 Å². The first-order chi connectivity index (χ1) is 32.8. The predicted molar refractivity (Wildman–Crippen MR) is 278 cm³/mol. The molecule has 8 unspecified atom stereocenters. The number of nitrogens with one attached hydrogen (secondary N) is 1. The number of carbonyl (C=O) groups excluding carboxylic acids is 1. The van der Waals surface area contributed by atoms with Crippen molar-refractivity contribution in [3.05, 3.63) is 36.5 Å². The fraction of sp³-hybridized carbons (Fsp3) is 0.877. The first-order valence-corrected chi connectivity index (χ1v) is 28.3. The minimum absolute atomic E-state index is 0.303. The highest BCUT2D eigenvalue weighted by Crippen LogP contribution is 2.23. The molecule has 7 N–H and O–H groups in total. The molecule has 394 valence electrons. The zero-order valence-corrected chi connectivity index (χ0v) is 43.3. The number of unbranched alkanes of at least 4 members (excludes halogenated alkanes) is 33. The average molecular weight is 950 g/mol. The van der Waals surface area contributed by atoms with Crippen molar-refractivity contribution in [3.8, 4) is 0 Å². The number of amides is 1. The lowest BCUT2D eigenvalue weighted by Crippen LogP contribution is -2.60. The van der Waals surface area contributed by atoms with Gasteiger partial charge in [-0.25, -0.2) is 0 Å². The second kappa shape index (κ2) is 46.7. The molecule has 1 saturated heterocycles. The molecule has 1 rings (SSSR count). The van der Waals surface area contributed by atoms with Crippen LogP contribution in [0.2, 0.25) is 0 Å². The lowest BCUT2D eigenvalue weighted by atomic mass is 9.99. The lowest BCUT2D eigenvalue weighted by Gasteiger charge is -2.40. The largest absolute Gasteiger partial charge is 0.394 e. The average Bonchev–Trinajstić information content (AvgIpc) is 3.33. The van der Waals surface area contributed by atoms with Crippen LogP contribution in [0.5, 0.6) is 0 Å². The van der Waals surface area contributed by atoms with Crippen LogP contribution in [0.4, 0.5) is 0 Å². The number of ether oxygens (including phenoxy) is 2. The molecule has 0 spiro atoms. The molecule has 10 heteroatoms. The summed E-state index contributed by atoms with van der Waals surface area (Å²) in [6, 6.07) is -0.997. The van der Waals surface area contributed by atoms with E-state index in [9.17, 15) is 35.4 Å². The number of aliphatic hydroxyl groups is 6. The van der Waals surface area contributed by atoms with Crippen molar-refractivity contribution in [2.24, 2.45) is 0 Å². The Bertz CT molecular complexity index is 1160. The smallest absolute Gasteiger partial charge is 0.249 e. The second-order valence-corrected chi connectivity index (χ2v) is 19.9. The Morgan fingerprint density at radius 3 is 1.30 bits per heavy atom. The third-order valence-electron chi connectivity index (χ3n) is 13.5. The summed E-state index contributed by atoms with van der Waals surface area (Å²) in [5, 5.41) is 64.9. The summed E-state index contributed by atoms with van der Waals surface area (Å²) < 4.78 is 11.2. The van der Waals surface area contributed by atoms with E-state index < -0.39 is 61.5 Å². The van der Waals surface area contributed by atoms with Gasteiger partial charge in [0, 0.05) is 0 Å². The molecule has 0 aromatic rings. The van der Waals surface area contributed by atoms with Crippen molar-refractivity contribution in [2.75, 3.05) is 13.2 Å². The monoisotopic (exact) mass is 950 g/mol. The van der Waals surface area contributed by atoms with Gasteiger partial charge in [0.15, 0.2) is 6.29 Å². The highest BCUT2D eigenvalue weighted by atomic mass is 16.7. The number of allylic oxidation sites excluding steroid dienone is 5. The van der Waals surface area contributed by atoms with Crippen molar-refractivity contribution >= 4 is 5.91 Å². The highest BCUT2D eigenvalue weighted by molar-refractivity contribution is 5.80. The van der Waals surface area contributed by atoms with Crippen LogP contribution in [0.15, 0.2) is 36.5 Å². The van der Waals surface area contributed by atoms with Crippen molar-refractivity contribution in [3.63, 3.8) is 0 Å². The van der Waals surface area contributed by atoms with Gasteiger partial charge in [0.25, 0.3) is 0 Å². The molecular weight excluding hydrogens is 843 g/mol. The fourth-order valence-corrected chi connectivity index (χ4v) is 8.94. The van der Waals surface area contributed by atoms with E-state index in [0.29, 0.717) is 19.3 Å². The van der Waals surface area contributed by atoms with E-state index >= 15 is 0 Å². The summed E-state index contributed by atoms with van der Waals surface area (Å²) in [5.41, 5.74) is 0. The number of carbonyl (C=O) groups is 1. The summed E-state index contributed by atoms with van der Waals surface area (Å²) >= 11 is 0. The van der Waals surface area contributed by atoms with Crippen LogP contribution in [0.25, 0.3) is 0 Å². The standard InChI is InChI=1S/C57H107NO9/c1-3-5-7-9-11-13-15-17-19-21-22-23-24-25-26-27-28-29-30-32-34-36-38-40-42-44-46-51(61)56(65)58-49(48-66-57-55(64)54(63)53(62)52(47-59)67-57)50(60)45-43-41-39-37-35-33-31-20-18-16-14-12-10-8-6-4-2/h25-26,35,37,43,45,49-55,57,59-64H,3-24,27-34,36,38-42,44,46-48H2,1-2H3,(H,58,65)/b26-25-,37-35+,45-43+. The number of hydrogen-bond donors (Lipinski definition) is 7. The van der Waals surface area contributed by atoms with Gasteiger partial charge < -0.3 is 45.4 Å². The minimum Gasteiger partial charge on any atom is -0.394 e. The molecule has 1 fully saturated rings. The Balaban J connectivity index is 2.27. The summed E-state index contributed by atoms with van der Waals surface area (Å²) in [6.45, 7) is 3.62. The van der Waals surface area contributed by atoms with Gasteiger partial charge in [0.1, 0.15) is 30.5 Å². The molecule has 1 amide bonds. The molecule has 0 aromatic heterocycles. The quantitative estimate of drug-likeness (QED) is 0.0232. The summed E-state index contributed by atoms with van der Waals surface area (Å²) in [5.74, 6) is -0.625. The zero-order chi connectivity index (χ0) is 48.8. The van der Waals surface area contributed by atoms with Crippen LogP contribution in [0.1, 0.15) is 258 Å². The molecule has 0 saturated carbocycles. The molecule has 1 heterocycles. The third-order valence-corrected chi connectivity index (χ3v) is 13.5. The molecule has 67 heavy (non-hydrogen) atoms. The second-order valence-electron chi connectivity index (χ2n) is 19.9. The molecule has 8 atom stereocenters. The first-order valence-electron chi connectivity index (χ1n) is 28.3. The van der Waals surface area contributed by atoms with Gasteiger partial charge >= 0.3 is 0 Å². The Labute approximate surface area is 411 Å². The Morgan fingerprint density at radius 2 is 0.881 bits per heavy atom. The molecule has 0 radical (unpaired) electrons. The van der Waals surface area contributed by atoms with Gasteiger partial charge in [-0.05, 0) is 57.8 Å². The van der Waals surface area contributed by atoms with Crippen molar-refractivity contribution in [2.45, 2.75) is 307 Å².